The number of anilines is 1. The van der Waals surface area contributed by atoms with Gasteiger partial charge in [-0.3, -0.25) is 5.10 Å². The smallest absolute Gasteiger partial charge is 0.244 e. The van der Waals surface area contributed by atoms with Crippen molar-refractivity contribution >= 4 is 15.8 Å². The third-order valence-electron chi connectivity index (χ3n) is 2.54. The summed E-state index contributed by atoms with van der Waals surface area (Å²) in [6.45, 7) is 0.280. The van der Waals surface area contributed by atoms with Crippen molar-refractivity contribution < 1.29 is 8.42 Å². The number of pyridine rings is 1. The highest BCUT2D eigenvalue weighted by molar-refractivity contribution is 7.89. The van der Waals surface area contributed by atoms with Gasteiger partial charge in [-0.15, -0.1) is 0 Å². The Hall–Kier alpha value is -2.04. The molecule has 0 aliphatic rings. The monoisotopic (exact) mass is 297 g/mol. The minimum Gasteiger partial charge on any atom is -0.307 e. The lowest BCUT2D eigenvalue weighted by molar-refractivity contribution is 0.578. The number of aryl methyl sites for hydroxylation is 1. The lowest BCUT2D eigenvalue weighted by Gasteiger charge is -2.09. The summed E-state index contributed by atoms with van der Waals surface area (Å²) >= 11 is 0. The van der Waals surface area contributed by atoms with E-state index in [1.54, 1.807) is 0 Å². The topological polar surface area (TPSA) is 139 Å². The molecule has 0 unspecified atom stereocenters. The summed E-state index contributed by atoms with van der Waals surface area (Å²) < 4.78 is 26.7. The number of nitrogens with zero attached hydrogens (tertiary/aromatic N) is 3. The van der Waals surface area contributed by atoms with Crippen molar-refractivity contribution in [2.24, 2.45) is 5.84 Å². The quantitative estimate of drug-likeness (QED) is 0.304. The molecule has 9 nitrogen and oxygen atoms in total. The van der Waals surface area contributed by atoms with Crippen LogP contribution in [0.25, 0.3) is 0 Å². The predicted octanol–water partition coefficient (Wildman–Crippen LogP) is -0.604. The van der Waals surface area contributed by atoms with Crippen molar-refractivity contribution in [3.8, 4) is 0 Å². The molecule has 0 fully saturated rings. The Morgan fingerprint density at radius 2 is 2.20 bits per heavy atom. The maximum Gasteiger partial charge on any atom is 0.244 e. The molecule has 0 saturated carbocycles. The van der Waals surface area contributed by atoms with E-state index in [-0.39, 0.29) is 17.3 Å². The van der Waals surface area contributed by atoms with Crippen molar-refractivity contribution in [2.45, 2.75) is 17.7 Å². The first-order valence-corrected chi connectivity index (χ1v) is 7.37. The summed E-state index contributed by atoms with van der Waals surface area (Å²) in [7, 11) is -3.65. The van der Waals surface area contributed by atoms with Gasteiger partial charge >= 0.3 is 0 Å². The molecule has 2 aromatic rings. The molecule has 0 radical (unpaired) electrons. The molecule has 2 heterocycles. The summed E-state index contributed by atoms with van der Waals surface area (Å²) in [5.41, 5.74) is 2.26. The molecule has 10 heteroatoms. The second-order valence-corrected chi connectivity index (χ2v) is 5.66. The fourth-order valence-electron chi connectivity index (χ4n) is 1.61. The zero-order chi connectivity index (χ0) is 14.4. The zero-order valence-electron chi connectivity index (χ0n) is 10.6. The Labute approximate surface area is 116 Å². The van der Waals surface area contributed by atoms with Crippen LogP contribution in [0.4, 0.5) is 5.82 Å². The Balaban J connectivity index is 1.94. The van der Waals surface area contributed by atoms with Gasteiger partial charge in [0.25, 0.3) is 0 Å². The maximum absolute atomic E-state index is 12.1. The van der Waals surface area contributed by atoms with Crippen molar-refractivity contribution in [3.63, 3.8) is 0 Å². The normalized spacial score (nSPS) is 11.4. The van der Waals surface area contributed by atoms with Crippen LogP contribution in [0.3, 0.4) is 0 Å². The van der Waals surface area contributed by atoms with E-state index in [0.29, 0.717) is 12.8 Å². The molecule has 5 N–H and O–H groups in total. The van der Waals surface area contributed by atoms with Crippen LogP contribution in [0.1, 0.15) is 12.2 Å². The first-order valence-electron chi connectivity index (χ1n) is 5.89. The van der Waals surface area contributed by atoms with Gasteiger partial charge in [-0.1, -0.05) is 0 Å². The molecule has 20 heavy (non-hydrogen) atoms. The van der Waals surface area contributed by atoms with Crippen LogP contribution in [-0.2, 0) is 16.4 Å². The standard InChI is InChI=1S/C10H15N7O2S/c11-16-10-8(3-1-5-12-10)20(18,19)15-6-2-4-9-13-7-14-17-9/h1,3,5,7,15H,2,4,6,11H2,(H,12,16)(H,13,14,17). The first kappa shape index (κ1) is 14.4. The molecule has 108 valence electrons. The van der Waals surface area contributed by atoms with Gasteiger partial charge in [-0.2, -0.15) is 5.10 Å². The summed E-state index contributed by atoms with van der Waals surface area (Å²) in [6.07, 6.45) is 4.07. The number of nitrogens with one attached hydrogen (secondary N) is 3. The van der Waals surface area contributed by atoms with Crippen LogP contribution in [0.2, 0.25) is 0 Å². The number of H-pyrrole nitrogens is 1. The van der Waals surface area contributed by atoms with Gasteiger partial charge in [0.05, 0.1) is 0 Å². The Kier molecular flexibility index (Phi) is 4.61. The van der Waals surface area contributed by atoms with Crippen LogP contribution in [-0.4, -0.2) is 35.1 Å². The number of hydrogen-bond donors (Lipinski definition) is 4. The molecule has 0 aliphatic heterocycles. The number of nitrogen functional groups attached to an aromatic ring is 1. The van der Waals surface area contributed by atoms with Gasteiger partial charge in [0.1, 0.15) is 17.0 Å². The minimum absolute atomic E-state index is 0.0159. The second-order valence-electron chi connectivity index (χ2n) is 3.93. The van der Waals surface area contributed by atoms with E-state index in [1.165, 1.54) is 24.7 Å². The summed E-state index contributed by atoms with van der Waals surface area (Å²) in [4.78, 5) is 7.83. The van der Waals surface area contributed by atoms with E-state index in [2.05, 4.69) is 30.3 Å². The summed E-state index contributed by atoms with van der Waals surface area (Å²) in [5, 5.41) is 6.42. The number of sulfonamides is 1. The highest BCUT2D eigenvalue weighted by atomic mass is 32.2. The van der Waals surface area contributed by atoms with Crippen molar-refractivity contribution in [2.75, 3.05) is 12.0 Å². The summed E-state index contributed by atoms with van der Waals surface area (Å²) in [6, 6.07) is 2.96. The van der Waals surface area contributed by atoms with Crippen molar-refractivity contribution in [1.29, 1.82) is 0 Å². The van der Waals surface area contributed by atoms with Gasteiger partial charge in [0.15, 0.2) is 5.82 Å². The lowest BCUT2D eigenvalue weighted by atomic mass is 10.3. The molecular weight excluding hydrogens is 282 g/mol. The maximum atomic E-state index is 12.1. The minimum atomic E-state index is -3.65. The Morgan fingerprint density at radius 3 is 2.90 bits per heavy atom. The van der Waals surface area contributed by atoms with Crippen LogP contribution >= 0.6 is 0 Å². The average molecular weight is 297 g/mol. The second kappa shape index (κ2) is 6.41. The third-order valence-corrected chi connectivity index (χ3v) is 4.04. The molecule has 2 aromatic heterocycles. The van der Waals surface area contributed by atoms with Crippen LogP contribution in [0, 0.1) is 0 Å². The lowest BCUT2D eigenvalue weighted by Crippen LogP contribution is -2.27. The number of hydrazine groups is 1. The van der Waals surface area contributed by atoms with E-state index < -0.39 is 10.0 Å². The SMILES string of the molecule is NNc1ncccc1S(=O)(=O)NCCCc1ncn[nH]1. The molecule has 0 saturated heterocycles. The molecule has 0 bridgehead atoms. The molecule has 0 amide bonds. The van der Waals surface area contributed by atoms with Gasteiger partial charge in [-0.25, -0.2) is 29.0 Å². The van der Waals surface area contributed by atoms with Crippen LogP contribution < -0.4 is 16.0 Å². The molecule has 0 aromatic carbocycles. The number of aromatic amines is 1. The number of nitrogens with two attached hydrogens (primary N) is 1. The average Bonchev–Trinajstić information content (AvgIpc) is 2.97. The number of rotatable bonds is 7. The first-order chi connectivity index (χ1) is 9.63. The number of hydrogen-bond acceptors (Lipinski definition) is 7. The van der Waals surface area contributed by atoms with Gasteiger partial charge in [0.2, 0.25) is 10.0 Å². The van der Waals surface area contributed by atoms with E-state index in [9.17, 15) is 8.42 Å². The molecule has 0 atom stereocenters. The molecule has 2 rings (SSSR count). The largest absolute Gasteiger partial charge is 0.307 e. The van der Waals surface area contributed by atoms with E-state index >= 15 is 0 Å². The predicted molar refractivity (Wildman–Crippen MR) is 71.9 cm³/mol. The Morgan fingerprint density at radius 1 is 1.35 bits per heavy atom. The van der Waals surface area contributed by atoms with Gasteiger partial charge in [0, 0.05) is 19.2 Å². The highest BCUT2D eigenvalue weighted by Crippen LogP contribution is 2.16. The molecule has 0 spiro atoms. The van der Waals surface area contributed by atoms with Crippen molar-refractivity contribution in [3.05, 3.63) is 30.5 Å². The van der Waals surface area contributed by atoms with E-state index in [1.807, 2.05) is 0 Å². The fourth-order valence-corrected chi connectivity index (χ4v) is 2.80. The van der Waals surface area contributed by atoms with Gasteiger partial charge in [-0.05, 0) is 18.6 Å². The van der Waals surface area contributed by atoms with Crippen molar-refractivity contribution in [1.82, 2.24) is 24.9 Å². The van der Waals surface area contributed by atoms with Crippen LogP contribution in [0.15, 0.2) is 29.6 Å². The number of aromatic nitrogens is 4. The van der Waals surface area contributed by atoms with Gasteiger partial charge < -0.3 is 5.43 Å². The Bertz CT molecular complexity index is 641. The zero-order valence-corrected chi connectivity index (χ0v) is 11.4. The van der Waals surface area contributed by atoms with E-state index in [0.717, 1.165) is 5.82 Å². The molecule has 0 aliphatic carbocycles. The highest BCUT2D eigenvalue weighted by Gasteiger charge is 2.18. The summed E-state index contributed by atoms with van der Waals surface area (Å²) in [5.74, 6) is 6.07. The third kappa shape index (κ3) is 3.50. The fraction of sp³-hybridized carbons (Fsp3) is 0.300. The van der Waals surface area contributed by atoms with E-state index in [4.69, 9.17) is 5.84 Å². The van der Waals surface area contributed by atoms with Crippen LogP contribution in [0.5, 0.6) is 0 Å². The molecular formula is C10H15N7O2S.